The molecule has 0 radical (unpaired) electrons. The minimum Gasteiger partial charge on any atom is -0.325 e. The van der Waals surface area contributed by atoms with Gasteiger partial charge in [-0.05, 0) is 12.5 Å². The van der Waals surface area contributed by atoms with Crippen LogP contribution < -0.4 is 16.6 Å². The first-order valence-electron chi connectivity index (χ1n) is 5.24. The second-order valence-corrected chi connectivity index (χ2v) is 3.96. The Morgan fingerprint density at radius 1 is 1.50 bits per heavy atom. The molecule has 4 N–H and O–H groups in total. The van der Waals surface area contributed by atoms with Crippen molar-refractivity contribution >= 4 is 34.6 Å². The Labute approximate surface area is 108 Å². The summed E-state index contributed by atoms with van der Waals surface area (Å²) in [5.41, 5.74) is 2.31. The number of rotatable bonds is 5. The molecule has 0 fully saturated rings. The van der Waals surface area contributed by atoms with Crippen LogP contribution in [0, 0.1) is 10.1 Å². The number of nitro benzene ring substituents is 1. The molecule has 1 aromatic carbocycles. The van der Waals surface area contributed by atoms with E-state index in [-0.39, 0.29) is 28.0 Å². The maximum atomic E-state index is 11.4. The van der Waals surface area contributed by atoms with Gasteiger partial charge in [-0.15, -0.1) is 0 Å². The topological polar surface area (TPSA) is 110 Å². The number of nitro groups is 1. The molecule has 0 aliphatic heterocycles. The molecule has 0 aliphatic rings. The molecule has 0 spiro atoms. The minimum atomic E-state index is -0.612. The molecule has 0 atom stereocenters. The molecule has 0 unspecified atom stereocenters. The summed E-state index contributed by atoms with van der Waals surface area (Å²) in [7, 11) is 0. The van der Waals surface area contributed by atoms with Crippen molar-refractivity contribution in [3.8, 4) is 0 Å². The lowest BCUT2D eigenvalue weighted by atomic mass is 10.2. The third-order valence-corrected chi connectivity index (χ3v) is 2.50. The van der Waals surface area contributed by atoms with Crippen molar-refractivity contribution in [3.63, 3.8) is 0 Å². The van der Waals surface area contributed by atoms with Gasteiger partial charge in [0.05, 0.1) is 15.6 Å². The molecule has 1 rings (SSSR count). The molecule has 98 valence electrons. The van der Waals surface area contributed by atoms with E-state index in [1.807, 2.05) is 6.92 Å². The summed E-state index contributed by atoms with van der Waals surface area (Å²) < 4.78 is 0. The Hall–Kier alpha value is -1.86. The number of carbonyl (C=O) groups is 1. The van der Waals surface area contributed by atoms with Gasteiger partial charge in [0.1, 0.15) is 5.69 Å². The zero-order valence-corrected chi connectivity index (χ0v) is 10.5. The number of nitrogens with one attached hydrogen (secondary N) is 2. The molecule has 1 amide bonds. The highest BCUT2D eigenvalue weighted by Gasteiger charge is 2.17. The van der Waals surface area contributed by atoms with E-state index in [4.69, 9.17) is 17.4 Å². The standard InChI is InChI=1S/C10H13ClN4O3/c1-2-3-10(16)13-7-5-8(14-12)9(15(17)18)4-6(7)11/h4-5,14H,2-3,12H2,1H3,(H,13,16). The van der Waals surface area contributed by atoms with Crippen molar-refractivity contribution in [2.24, 2.45) is 5.84 Å². The summed E-state index contributed by atoms with van der Waals surface area (Å²) in [6.07, 6.45) is 1.04. The molecule has 8 heteroatoms. The lowest BCUT2D eigenvalue weighted by Crippen LogP contribution is -2.13. The number of hydrazine groups is 1. The van der Waals surface area contributed by atoms with Crippen LogP contribution in [0.25, 0.3) is 0 Å². The van der Waals surface area contributed by atoms with Gasteiger partial charge in [0.2, 0.25) is 5.91 Å². The third-order valence-electron chi connectivity index (χ3n) is 2.19. The number of carbonyl (C=O) groups excluding carboxylic acids is 1. The molecule has 7 nitrogen and oxygen atoms in total. The van der Waals surface area contributed by atoms with E-state index < -0.39 is 4.92 Å². The van der Waals surface area contributed by atoms with Crippen molar-refractivity contribution in [1.29, 1.82) is 0 Å². The first-order valence-corrected chi connectivity index (χ1v) is 5.61. The van der Waals surface area contributed by atoms with Crippen molar-refractivity contribution in [2.45, 2.75) is 19.8 Å². The van der Waals surface area contributed by atoms with Gasteiger partial charge in [-0.3, -0.25) is 20.8 Å². The number of hydrogen-bond acceptors (Lipinski definition) is 5. The quantitative estimate of drug-likeness (QED) is 0.433. The number of nitrogen functional groups attached to an aromatic ring is 1. The second-order valence-electron chi connectivity index (χ2n) is 3.55. The van der Waals surface area contributed by atoms with Crippen LogP contribution in [0.1, 0.15) is 19.8 Å². The Morgan fingerprint density at radius 3 is 2.67 bits per heavy atom. The summed E-state index contributed by atoms with van der Waals surface area (Å²) in [5.74, 6) is 4.97. The highest BCUT2D eigenvalue weighted by molar-refractivity contribution is 6.34. The molecule has 0 aromatic heterocycles. The average Bonchev–Trinajstić information content (AvgIpc) is 2.31. The number of hydrogen-bond donors (Lipinski definition) is 3. The number of amides is 1. The molecule has 0 saturated heterocycles. The first-order chi connectivity index (χ1) is 8.49. The summed E-state index contributed by atoms with van der Waals surface area (Å²) in [4.78, 5) is 21.5. The Kier molecular flexibility index (Phi) is 4.87. The minimum absolute atomic E-state index is 0.0798. The molecule has 0 bridgehead atoms. The maximum absolute atomic E-state index is 11.4. The lowest BCUT2D eigenvalue weighted by Gasteiger charge is -2.09. The summed E-state index contributed by atoms with van der Waals surface area (Å²) >= 11 is 5.86. The summed E-state index contributed by atoms with van der Waals surface area (Å²) in [6, 6.07) is 2.46. The van der Waals surface area contributed by atoms with Crippen LogP contribution in [-0.2, 0) is 4.79 Å². The van der Waals surface area contributed by atoms with Crippen LogP contribution in [0.3, 0.4) is 0 Å². The Morgan fingerprint density at radius 2 is 2.17 bits per heavy atom. The normalized spacial score (nSPS) is 9.94. The van der Waals surface area contributed by atoms with Gasteiger partial charge >= 0.3 is 0 Å². The van der Waals surface area contributed by atoms with Crippen molar-refractivity contribution < 1.29 is 9.72 Å². The lowest BCUT2D eigenvalue weighted by molar-refractivity contribution is -0.383. The number of benzene rings is 1. The fourth-order valence-corrected chi connectivity index (χ4v) is 1.57. The fourth-order valence-electron chi connectivity index (χ4n) is 1.36. The summed E-state index contributed by atoms with van der Waals surface area (Å²) in [5, 5.41) is 13.4. The largest absolute Gasteiger partial charge is 0.325 e. The number of nitrogens with zero attached hydrogens (tertiary/aromatic N) is 1. The van der Waals surface area contributed by atoms with Crippen LogP contribution in [0.2, 0.25) is 5.02 Å². The number of halogens is 1. The zero-order valence-electron chi connectivity index (χ0n) is 9.70. The predicted molar refractivity (Wildman–Crippen MR) is 69.5 cm³/mol. The smallest absolute Gasteiger partial charge is 0.295 e. The molecular formula is C10H13ClN4O3. The van der Waals surface area contributed by atoms with E-state index >= 15 is 0 Å². The van der Waals surface area contributed by atoms with Crippen molar-refractivity contribution in [1.82, 2.24) is 0 Å². The maximum Gasteiger partial charge on any atom is 0.295 e. The molecule has 0 saturated carbocycles. The SMILES string of the molecule is CCCC(=O)Nc1cc(NN)c([N+](=O)[O-])cc1Cl. The van der Waals surface area contributed by atoms with Crippen LogP contribution >= 0.6 is 11.6 Å². The second kappa shape index (κ2) is 6.18. The first kappa shape index (κ1) is 14.2. The van der Waals surface area contributed by atoms with Gasteiger partial charge in [-0.1, -0.05) is 18.5 Å². The molecule has 0 aliphatic carbocycles. The Bertz CT molecular complexity index is 478. The zero-order chi connectivity index (χ0) is 13.7. The molecular weight excluding hydrogens is 260 g/mol. The molecule has 0 heterocycles. The van der Waals surface area contributed by atoms with Crippen LogP contribution in [0.5, 0.6) is 0 Å². The highest BCUT2D eigenvalue weighted by atomic mass is 35.5. The van der Waals surface area contributed by atoms with Gasteiger partial charge in [0.25, 0.3) is 5.69 Å². The molecule has 1 aromatic rings. The van der Waals surface area contributed by atoms with Gasteiger partial charge in [-0.2, -0.15) is 0 Å². The summed E-state index contributed by atoms with van der Waals surface area (Å²) in [6.45, 7) is 1.86. The van der Waals surface area contributed by atoms with Crippen molar-refractivity contribution in [2.75, 3.05) is 10.7 Å². The van der Waals surface area contributed by atoms with Crippen LogP contribution in [0.4, 0.5) is 17.1 Å². The Balaban J connectivity index is 3.07. The third kappa shape index (κ3) is 3.31. The van der Waals surface area contributed by atoms with Gasteiger partial charge in [0.15, 0.2) is 0 Å². The number of anilines is 2. The van der Waals surface area contributed by atoms with Crippen LogP contribution in [0.15, 0.2) is 12.1 Å². The van der Waals surface area contributed by atoms with E-state index in [0.717, 1.165) is 6.07 Å². The van der Waals surface area contributed by atoms with Gasteiger partial charge < -0.3 is 10.7 Å². The monoisotopic (exact) mass is 272 g/mol. The average molecular weight is 273 g/mol. The van der Waals surface area contributed by atoms with Gasteiger partial charge in [0, 0.05) is 12.5 Å². The van der Waals surface area contributed by atoms with E-state index in [2.05, 4.69) is 10.7 Å². The highest BCUT2D eigenvalue weighted by Crippen LogP contribution is 2.33. The van der Waals surface area contributed by atoms with E-state index in [0.29, 0.717) is 12.8 Å². The van der Waals surface area contributed by atoms with E-state index in [1.54, 1.807) is 0 Å². The van der Waals surface area contributed by atoms with E-state index in [9.17, 15) is 14.9 Å². The molecule has 18 heavy (non-hydrogen) atoms. The van der Waals surface area contributed by atoms with Crippen LogP contribution in [-0.4, -0.2) is 10.8 Å². The fraction of sp³-hybridized carbons (Fsp3) is 0.300. The van der Waals surface area contributed by atoms with Crippen molar-refractivity contribution in [3.05, 3.63) is 27.3 Å². The van der Waals surface area contributed by atoms with Gasteiger partial charge in [-0.25, -0.2) is 0 Å². The predicted octanol–water partition coefficient (Wildman–Crippen LogP) is 2.27. The van der Waals surface area contributed by atoms with E-state index in [1.165, 1.54) is 6.07 Å². The number of nitrogens with two attached hydrogens (primary N) is 1.